The first kappa shape index (κ1) is 11.8. The zero-order valence-electron chi connectivity index (χ0n) is 8.69. The van der Waals surface area contributed by atoms with Gasteiger partial charge in [0, 0.05) is 18.8 Å². The van der Waals surface area contributed by atoms with Gasteiger partial charge in [-0.15, -0.1) is 0 Å². The van der Waals surface area contributed by atoms with Gasteiger partial charge in [-0.3, -0.25) is 0 Å². The van der Waals surface area contributed by atoms with E-state index >= 15 is 0 Å². The summed E-state index contributed by atoms with van der Waals surface area (Å²) in [6.45, 7) is 4.73. The highest BCUT2D eigenvalue weighted by Crippen LogP contribution is 2.20. The Morgan fingerprint density at radius 2 is 1.87 bits per heavy atom. The molecule has 1 nitrogen and oxygen atoms in total. The van der Waals surface area contributed by atoms with Crippen LogP contribution in [0, 0.1) is 5.92 Å². The molecule has 0 amide bonds. The van der Waals surface area contributed by atoms with E-state index in [0.717, 1.165) is 5.92 Å². The van der Waals surface area contributed by atoms with Crippen molar-refractivity contribution in [2.75, 3.05) is 13.1 Å². The van der Waals surface area contributed by atoms with Crippen molar-refractivity contribution < 1.29 is 0 Å². The predicted molar refractivity (Wildman–Crippen MR) is 67.6 cm³/mol. The maximum atomic E-state index is 2.46. The van der Waals surface area contributed by atoms with E-state index in [2.05, 4.69) is 54.4 Å². The molecule has 0 aromatic carbocycles. The van der Waals surface area contributed by atoms with Crippen LogP contribution in [0.1, 0.15) is 20.8 Å². The van der Waals surface area contributed by atoms with Crippen molar-refractivity contribution in [2.45, 2.75) is 20.8 Å². The van der Waals surface area contributed by atoms with Crippen LogP contribution in [-0.2, 0) is 0 Å². The van der Waals surface area contributed by atoms with E-state index in [1.807, 2.05) is 0 Å². The van der Waals surface area contributed by atoms with Gasteiger partial charge in [0.2, 0.25) is 0 Å². The average Bonchev–Trinajstić information content (AvgIpc) is 2.51. The fourth-order valence-electron chi connectivity index (χ4n) is 1.94. The molecule has 0 N–H and O–H groups in total. The van der Waals surface area contributed by atoms with Crippen molar-refractivity contribution in [1.29, 1.82) is 0 Å². The van der Waals surface area contributed by atoms with E-state index in [0.29, 0.717) is 0 Å². The molecule has 1 fully saturated rings. The van der Waals surface area contributed by atoms with Gasteiger partial charge in [0.05, 0.1) is 0 Å². The van der Waals surface area contributed by atoms with E-state index in [4.69, 9.17) is 0 Å². The molecule has 1 aliphatic carbocycles. The second-order valence-electron chi connectivity index (χ2n) is 4.06. The third-order valence-electron chi connectivity index (χ3n) is 2.77. The molecule has 0 spiro atoms. The lowest BCUT2D eigenvalue weighted by molar-refractivity contribution is 0.423. The van der Waals surface area contributed by atoms with Crippen LogP contribution in [0.5, 0.6) is 0 Å². The number of hydrogen-bond acceptors (Lipinski definition) is 1. The number of nitrogens with zero attached hydrogens (tertiary/aromatic N) is 1. The Balaban J connectivity index is 0.00000112. The van der Waals surface area contributed by atoms with Gasteiger partial charge < -0.3 is 4.90 Å². The maximum absolute atomic E-state index is 2.46. The van der Waals surface area contributed by atoms with Crippen molar-refractivity contribution in [3.63, 3.8) is 0 Å². The molecule has 2 rings (SSSR count). The third kappa shape index (κ3) is 3.12. The summed E-state index contributed by atoms with van der Waals surface area (Å²) >= 11 is 0. The van der Waals surface area contributed by atoms with E-state index in [-0.39, 0.29) is 7.43 Å². The lowest BCUT2D eigenvalue weighted by Gasteiger charge is -2.19. The molecule has 0 aromatic heterocycles. The molecular weight excluding hydrogens is 182 g/mol. The Hall–Kier alpha value is -1.24. The van der Waals surface area contributed by atoms with Gasteiger partial charge in [-0.1, -0.05) is 44.7 Å². The molecule has 0 bridgehead atoms. The molecule has 0 saturated carbocycles. The highest BCUT2D eigenvalue weighted by molar-refractivity contribution is 5.30. The fraction of sp³-hybridized carbons (Fsp3) is 0.429. The van der Waals surface area contributed by atoms with Gasteiger partial charge in [0.15, 0.2) is 0 Å². The van der Waals surface area contributed by atoms with Crippen molar-refractivity contribution in [1.82, 2.24) is 4.90 Å². The number of hydrogen-bond donors (Lipinski definition) is 0. The summed E-state index contributed by atoms with van der Waals surface area (Å²) in [6.07, 6.45) is 16.1. The van der Waals surface area contributed by atoms with Gasteiger partial charge in [-0.25, -0.2) is 0 Å². The van der Waals surface area contributed by atoms with Gasteiger partial charge in [-0.2, -0.15) is 0 Å². The van der Waals surface area contributed by atoms with Gasteiger partial charge in [0.25, 0.3) is 0 Å². The number of allylic oxidation sites excluding steroid dienone is 7. The second kappa shape index (κ2) is 5.59. The topological polar surface area (TPSA) is 3.24 Å². The quantitative estimate of drug-likeness (QED) is 0.630. The minimum atomic E-state index is 0. The molecule has 1 aliphatic heterocycles. The monoisotopic (exact) mass is 203 g/mol. The van der Waals surface area contributed by atoms with E-state index in [1.165, 1.54) is 25.2 Å². The van der Waals surface area contributed by atoms with E-state index < -0.39 is 0 Å². The Morgan fingerprint density at radius 3 is 2.60 bits per heavy atom. The van der Waals surface area contributed by atoms with Crippen LogP contribution in [0.3, 0.4) is 0 Å². The summed E-state index contributed by atoms with van der Waals surface area (Å²) in [7, 11) is 0. The van der Waals surface area contributed by atoms with Crippen LogP contribution in [0.25, 0.3) is 0 Å². The first-order valence-electron chi connectivity index (χ1n) is 5.33. The smallest absolute Gasteiger partial charge is 0.0366 e. The molecule has 2 aliphatic rings. The normalized spacial score (nSPS) is 34.3. The van der Waals surface area contributed by atoms with Crippen LogP contribution < -0.4 is 0 Å². The molecule has 1 heterocycles. The average molecular weight is 203 g/mol. The lowest BCUT2D eigenvalue weighted by Crippen LogP contribution is -2.18. The number of rotatable bonds is 1. The lowest BCUT2D eigenvalue weighted by atomic mass is 10.2. The van der Waals surface area contributed by atoms with Crippen LogP contribution >= 0.6 is 0 Å². The molecule has 82 valence electrons. The number of likely N-dealkylation sites (tertiary alicyclic amines) is 1. The fourth-order valence-corrected chi connectivity index (χ4v) is 1.94. The zero-order chi connectivity index (χ0) is 9.80. The highest BCUT2D eigenvalue weighted by atomic mass is 15.2. The Labute approximate surface area is 93.5 Å². The SMILES string of the molecule is C.CC1CCN(C2=C/C=C\C=C/C=C\2)C1. The molecular formula is C14H21N. The van der Waals surface area contributed by atoms with Gasteiger partial charge >= 0.3 is 0 Å². The summed E-state index contributed by atoms with van der Waals surface area (Å²) < 4.78 is 0. The van der Waals surface area contributed by atoms with Crippen molar-refractivity contribution in [3.8, 4) is 0 Å². The Kier molecular flexibility index (Phi) is 4.41. The minimum absolute atomic E-state index is 0. The standard InChI is InChI=1S/C13H17N.CH4/c1-12-9-10-14(11-12)13-7-5-3-2-4-6-8-13;/h2-8,12H,9-11H2,1H3;1H4/b3-2-,4-2?,5-3?,6-4-,7-5-,8-6?,13-7?,13-8+;. The minimum Gasteiger partial charge on any atom is -0.371 e. The highest BCUT2D eigenvalue weighted by Gasteiger charge is 2.18. The zero-order valence-corrected chi connectivity index (χ0v) is 8.69. The summed E-state index contributed by atoms with van der Waals surface area (Å²) in [5, 5.41) is 0. The van der Waals surface area contributed by atoms with E-state index in [9.17, 15) is 0 Å². The Bertz CT molecular complexity index is 307. The largest absolute Gasteiger partial charge is 0.371 e. The van der Waals surface area contributed by atoms with Crippen molar-refractivity contribution in [2.24, 2.45) is 5.92 Å². The molecule has 0 radical (unpaired) electrons. The summed E-state index contributed by atoms with van der Waals surface area (Å²) in [6, 6.07) is 0. The van der Waals surface area contributed by atoms with E-state index in [1.54, 1.807) is 0 Å². The van der Waals surface area contributed by atoms with Gasteiger partial charge in [0.1, 0.15) is 0 Å². The first-order valence-corrected chi connectivity index (χ1v) is 5.33. The van der Waals surface area contributed by atoms with Crippen LogP contribution in [0.15, 0.2) is 48.2 Å². The molecule has 1 unspecified atom stereocenters. The molecule has 0 aromatic rings. The second-order valence-corrected chi connectivity index (χ2v) is 4.06. The van der Waals surface area contributed by atoms with Gasteiger partial charge in [-0.05, 0) is 24.5 Å². The van der Waals surface area contributed by atoms with Crippen LogP contribution in [-0.4, -0.2) is 18.0 Å². The molecule has 1 heteroatoms. The Morgan fingerprint density at radius 1 is 1.13 bits per heavy atom. The molecule has 1 saturated heterocycles. The summed E-state index contributed by atoms with van der Waals surface area (Å²) in [4.78, 5) is 2.46. The first-order chi connectivity index (χ1) is 6.86. The van der Waals surface area contributed by atoms with Crippen LogP contribution in [0.2, 0.25) is 0 Å². The van der Waals surface area contributed by atoms with Crippen molar-refractivity contribution in [3.05, 3.63) is 48.2 Å². The summed E-state index contributed by atoms with van der Waals surface area (Å²) in [5.74, 6) is 0.842. The molecule has 15 heavy (non-hydrogen) atoms. The van der Waals surface area contributed by atoms with Crippen molar-refractivity contribution >= 4 is 0 Å². The summed E-state index contributed by atoms with van der Waals surface area (Å²) in [5.41, 5.74) is 1.34. The third-order valence-corrected chi connectivity index (χ3v) is 2.77. The predicted octanol–water partition coefficient (Wildman–Crippen LogP) is 3.53. The van der Waals surface area contributed by atoms with Crippen LogP contribution in [0.4, 0.5) is 0 Å². The molecule has 1 atom stereocenters. The maximum Gasteiger partial charge on any atom is 0.0366 e.